The summed E-state index contributed by atoms with van der Waals surface area (Å²) in [6.45, 7) is 0. The highest BCUT2D eigenvalue weighted by molar-refractivity contribution is 6.26. The van der Waals surface area contributed by atoms with Crippen molar-refractivity contribution in [3.8, 4) is 0 Å². The lowest BCUT2D eigenvalue weighted by Gasteiger charge is -2.26. The van der Waals surface area contributed by atoms with Gasteiger partial charge >= 0.3 is 6.18 Å². The smallest absolute Gasteiger partial charge is 0.353 e. The second-order valence-corrected chi connectivity index (χ2v) is 5.52. The summed E-state index contributed by atoms with van der Waals surface area (Å²) in [5.74, 6) is -1.45. The van der Waals surface area contributed by atoms with Crippen LogP contribution in [0.1, 0.15) is 12.0 Å². The van der Waals surface area contributed by atoms with Crippen molar-refractivity contribution < 1.29 is 22.8 Å². The van der Waals surface area contributed by atoms with E-state index in [-0.39, 0.29) is 5.69 Å². The van der Waals surface area contributed by atoms with Crippen molar-refractivity contribution in [2.75, 3.05) is 5.32 Å². The molecule has 1 aliphatic heterocycles. The number of carbonyl (C=O) groups excluding carboxylic acids is 2. The van der Waals surface area contributed by atoms with E-state index in [0.717, 1.165) is 18.2 Å². The van der Waals surface area contributed by atoms with Crippen molar-refractivity contribution in [2.45, 2.75) is 17.7 Å². The molecule has 1 heterocycles. The average molecular weight is 360 g/mol. The number of anilines is 1. The molecule has 0 saturated heterocycles. The highest BCUT2D eigenvalue weighted by Crippen LogP contribution is 2.30. The highest BCUT2D eigenvalue weighted by Gasteiger charge is 2.30. The molecule has 0 spiro atoms. The summed E-state index contributed by atoms with van der Waals surface area (Å²) >= 11 is 6.05. The van der Waals surface area contributed by atoms with Gasteiger partial charge in [0.05, 0.1) is 5.56 Å². The Morgan fingerprint density at radius 2 is 1.96 bits per heavy atom. The number of dihydropyridines is 1. The van der Waals surface area contributed by atoms with Gasteiger partial charge in [-0.25, -0.2) is 0 Å². The lowest BCUT2D eigenvalue weighted by Crippen LogP contribution is -2.52. The number of halogens is 4. The molecule has 0 fully saturated rings. The first-order chi connectivity index (χ1) is 11.2. The molecule has 1 atom stereocenters. The van der Waals surface area contributed by atoms with E-state index in [1.807, 2.05) is 0 Å². The van der Waals surface area contributed by atoms with Crippen LogP contribution in [0.4, 0.5) is 18.9 Å². The lowest BCUT2D eigenvalue weighted by molar-refractivity contribution is -0.137. The zero-order valence-electron chi connectivity index (χ0n) is 12.2. The Hall–Kier alpha value is -2.48. The van der Waals surface area contributed by atoms with Gasteiger partial charge in [0, 0.05) is 5.69 Å². The van der Waals surface area contributed by atoms with Gasteiger partial charge < -0.3 is 16.0 Å². The number of carbonyl (C=O) groups is 2. The number of nitrogens with one attached hydrogen (secondary N) is 3. The van der Waals surface area contributed by atoms with E-state index in [1.54, 1.807) is 12.2 Å². The second-order valence-electron chi connectivity index (χ2n) is 4.93. The van der Waals surface area contributed by atoms with Crippen LogP contribution in [0.3, 0.4) is 0 Å². The fraction of sp³-hybridized carbons (Fsp3) is 0.200. The maximum Gasteiger partial charge on any atom is 0.416 e. The number of alkyl halides is 4. The van der Waals surface area contributed by atoms with Crippen LogP contribution in [-0.2, 0) is 15.8 Å². The molecule has 2 rings (SSSR count). The molecule has 0 radical (unpaired) electrons. The first-order valence-electron chi connectivity index (χ1n) is 6.77. The van der Waals surface area contributed by atoms with Gasteiger partial charge in [-0.05, 0) is 36.6 Å². The molecule has 128 valence electrons. The molecule has 0 aromatic heterocycles. The van der Waals surface area contributed by atoms with E-state index < -0.39 is 35.1 Å². The Morgan fingerprint density at radius 3 is 2.58 bits per heavy atom. The molecule has 1 unspecified atom stereocenters. The minimum Gasteiger partial charge on any atom is -0.353 e. The summed E-state index contributed by atoms with van der Waals surface area (Å²) in [6.07, 6.45) is 1.13. The average Bonchev–Trinajstić information content (AvgIpc) is 2.46. The van der Waals surface area contributed by atoms with Gasteiger partial charge in [0.15, 0.2) is 0 Å². The van der Waals surface area contributed by atoms with E-state index in [0.29, 0.717) is 0 Å². The monoisotopic (exact) mass is 359 g/mol. The van der Waals surface area contributed by atoms with E-state index in [2.05, 4.69) is 16.0 Å². The van der Waals surface area contributed by atoms with Crippen molar-refractivity contribution in [3.05, 3.63) is 54.3 Å². The number of allylic oxidation sites excluding steroid dienone is 2. The van der Waals surface area contributed by atoms with Gasteiger partial charge in [0.1, 0.15) is 6.42 Å². The fourth-order valence-corrected chi connectivity index (χ4v) is 2.15. The summed E-state index contributed by atoms with van der Waals surface area (Å²) in [4.78, 5) is 23.6. The third kappa shape index (κ3) is 5.02. The largest absolute Gasteiger partial charge is 0.416 e. The molecule has 5 nitrogen and oxygen atoms in total. The van der Waals surface area contributed by atoms with Gasteiger partial charge in [-0.3, -0.25) is 9.59 Å². The van der Waals surface area contributed by atoms with Crippen molar-refractivity contribution >= 4 is 29.1 Å². The SMILES string of the molecule is O=C(CC(=O)NC1(Cl)C=CC=CN1)Nc1cccc(C(F)(F)F)c1. The summed E-state index contributed by atoms with van der Waals surface area (Å²) in [6, 6.07) is 4.13. The molecular weight excluding hydrogens is 347 g/mol. The Labute approximate surface area is 140 Å². The summed E-state index contributed by atoms with van der Waals surface area (Å²) < 4.78 is 37.8. The molecule has 3 N–H and O–H groups in total. The number of amides is 2. The standard InChI is InChI=1S/C15H13ClF3N3O2/c16-14(6-1-2-7-20-14)22-13(24)9-12(23)21-11-5-3-4-10(8-11)15(17,18)19/h1-8,20H,9H2,(H,21,23)(H,22,24). The number of hydrogen-bond acceptors (Lipinski definition) is 3. The maximum atomic E-state index is 12.6. The Bertz CT molecular complexity index is 703. The molecular formula is C15H13ClF3N3O2. The first kappa shape index (κ1) is 17.9. The molecule has 0 bridgehead atoms. The topological polar surface area (TPSA) is 70.2 Å². The van der Waals surface area contributed by atoms with Gasteiger partial charge in [0.25, 0.3) is 0 Å². The van der Waals surface area contributed by atoms with Crippen LogP contribution >= 0.6 is 11.6 Å². The molecule has 24 heavy (non-hydrogen) atoms. The second kappa shape index (κ2) is 6.96. The molecule has 0 saturated carbocycles. The van der Waals surface area contributed by atoms with Crippen LogP contribution in [-0.4, -0.2) is 16.9 Å². The van der Waals surface area contributed by atoms with E-state index in [9.17, 15) is 22.8 Å². The Morgan fingerprint density at radius 1 is 1.21 bits per heavy atom. The van der Waals surface area contributed by atoms with Crippen LogP contribution in [0.15, 0.2) is 48.7 Å². The molecule has 1 aliphatic rings. The number of benzene rings is 1. The van der Waals surface area contributed by atoms with E-state index >= 15 is 0 Å². The van der Waals surface area contributed by atoms with Crippen molar-refractivity contribution in [3.63, 3.8) is 0 Å². The summed E-state index contributed by atoms with van der Waals surface area (Å²) in [5, 5.41) is 5.96. The third-order valence-corrected chi connectivity index (χ3v) is 3.27. The summed E-state index contributed by atoms with van der Waals surface area (Å²) in [5.41, 5.74) is -0.949. The maximum absolute atomic E-state index is 12.6. The molecule has 1 aromatic carbocycles. The van der Waals surface area contributed by atoms with Crippen LogP contribution in [0.25, 0.3) is 0 Å². The Balaban J connectivity index is 1.92. The van der Waals surface area contributed by atoms with E-state index in [1.165, 1.54) is 18.3 Å². The van der Waals surface area contributed by atoms with Crippen LogP contribution in [0, 0.1) is 0 Å². The third-order valence-electron chi connectivity index (χ3n) is 2.94. The van der Waals surface area contributed by atoms with E-state index in [4.69, 9.17) is 11.6 Å². The van der Waals surface area contributed by atoms with Crippen molar-refractivity contribution in [2.24, 2.45) is 0 Å². The van der Waals surface area contributed by atoms with Crippen LogP contribution in [0.5, 0.6) is 0 Å². The lowest BCUT2D eigenvalue weighted by atomic mass is 10.2. The molecule has 2 amide bonds. The zero-order chi connectivity index (χ0) is 17.8. The quantitative estimate of drug-likeness (QED) is 0.440. The predicted molar refractivity (Wildman–Crippen MR) is 82.8 cm³/mol. The van der Waals surface area contributed by atoms with Gasteiger partial charge in [-0.1, -0.05) is 23.7 Å². The normalized spacial score (nSPS) is 19.5. The number of hydrogen-bond donors (Lipinski definition) is 3. The van der Waals surface area contributed by atoms with Gasteiger partial charge in [0.2, 0.25) is 16.9 Å². The van der Waals surface area contributed by atoms with Crippen molar-refractivity contribution in [1.82, 2.24) is 10.6 Å². The predicted octanol–water partition coefficient (Wildman–Crippen LogP) is 2.72. The van der Waals surface area contributed by atoms with Gasteiger partial charge in [-0.2, -0.15) is 13.2 Å². The first-order valence-corrected chi connectivity index (χ1v) is 7.15. The number of rotatable bonds is 4. The molecule has 0 aliphatic carbocycles. The van der Waals surface area contributed by atoms with Crippen LogP contribution in [0.2, 0.25) is 0 Å². The van der Waals surface area contributed by atoms with Gasteiger partial charge in [-0.15, -0.1) is 0 Å². The zero-order valence-corrected chi connectivity index (χ0v) is 12.9. The van der Waals surface area contributed by atoms with Crippen LogP contribution < -0.4 is 16.0 Å². The molecule has 9 heteroatoms. The fourth-order valence-electron chi connectivity index (χ4n) is 1.91. The Kier molecular flexibility index (Phi) is 5.18. The minimum atomic E-state index is -4.52. The summed E-state index contributed by atoms with van der Waals surface area (Å²) in [7, 11) is 0. The minimum absolute atomic E-state index is 0.0539. The van der Waals surface area contributed by atoms with Crippen molar-refractivity contribution in [1.29, 1.82) is 0 Å². The molecule has 1 aromatic rings. The highest BCUT2D eigenvalue weighted by atomic mass is 35.5.